The van der Waals surface area contributed by atoms with Crippen LogP contribution >= 0.6 is 0 Å². The summed E-state index contributed by atoms with van der Waals surface area (Å²) in [4.78, 5) is 14.3. The van der Waals surface area contributed by atoms with Gasteiger partial charge in [-0.25, -0.2) is 4.79 Å². The second-order valence-electron chi connectivity index (χ2n) is 5.25. The van der Waals surface area contributed by atoms with Crippen LogP contribution < -0.4 is 5.32 Å². The lowest BCUT2D eigenvalue weighted by Gasteiger charge is -2.35. The van der Waals surface area contributed by atoms with E-state index in [2.05, 4.69) is 15.5 Å². The van der Waals surface area contributed by atoms with Crippen LogP contribution in [0.2, 0.25) is 0 Å². The highest BCUT2D eigenvalue weighted by Gasteiger charge is 2.30. The van der Waals surface area contributed by atoms with Gasteiger partial charge in [-0.15, -0.1) is 0 Å². The highest BCUT2D eigenvalue weighted by atomic mass is 16.5. The molecule has 2 saturated heterocycles. The van der Waals surface area contributed by atoms with Gasteiger partial charge < -0.3 is 15.0 Å². The molecule has 6 nitrogen and oxygen atoms in total. The zero-order valence-corrected chi connectivity index (χ0v) is 11.0. The van der Waals surface area contributed by atoms with E-state index in [0.29, 0.717) is 6.61 Å². The van der Waals surface area contributed by atoms with Crippen LogP contribution in [0.5, 0.6) is 0 Å². The second-order valence-corrected chi connectivity index (χ2v) is 5.25. The van der Waals surface area contributed by atoms with Gasteiger partial charge in [0.1, 0.15) is 0 Å². The second kappa shape index (κ2) is 5.61. The molecule has 6 heteroatoms. The lowest BCUT2D eigenvalue weighted by atomic mass is 9.98. The Labute approximate surface area is 112 Å². The van der Waals surface area contributed by atoms with Gasteiger partial charge in [0, 0.05) is 24.9 Å². The molecule has 2 N–H and O–H groups in total. The molecule has 0 saturated carbocycles. The van der Waals surface area contributed by atoms with Gasteiger partial charge >= 0.3 is 6.03 Å². The van der Waals surface area contributed by atoms with Crippen LogP contribution in [0.25, 0.3) is 0 Å². The van der Waals surface area contributed by atoms with Crippen molar-refractivity contribution in [2.24, 2.45) is 0 Å². The fourth-order valence-corrected chi connectivity index (χ4v) is 2.87. The van der Waals surface area contributed by atoms with E-state index in [1.807, 2.05) is 17.3 Å². The highest BCUT2D eigenvalue weighted by Crippen LogP contribution is 2.30. The Bertz CT molecular complexity index is 414. The van der Waals surface area contributed by atoms with Crippen LogP contribution in [0.1, 0.15) is 37.3 Å². The van der Waals surface area contributed by atoms with Crippen molar-refractivity contribution >= 4 is 6.03 Å². The Hall–Kier alpha value is -1.56. The van der Waals surface area contributed by atoms with Crippen LogP contribution in [-0.4, -0.2) is 46.9 Å². The average molecular weight is 264 g/mol. The summed E-state index contributed by atoms with van der Waals surface area (Å²) in [6.45, 7) is 2.20. The number of piperidine rings is 1. The number of carbonyl (C=O) groups excluding carboxylic acids is 1. The van der Waals surface area contributed by atoms with Crippen molar-refractivity contribution in [3.63, 3.8) is 0 Å². The minimum Gasteiger partial charge on any atom is -0.379 e. The number of rotatable bonds is 2. The fraction of sp³-hybridized carbons (Fsp3) is 0.692. The zero-order valence-electron chi connectivity index (χ0n) is 11.0. The SMILES string of the molecule is O=C(NC1CCOC1)N1CCCCC1c1cn[nH]c1. The molecule has 3 heterocycles. The first-order valence-corrected chi connectivity index (χ1v) is 6.98. The molecule has 0 spiro atoms. The van der Waals surface area contributed by atoms with Crippen LogP contribution in [0.3, 0.4) is 0 Å². The Morgan fingerprint density at radius 3 is 3.16 bits per heavy atom. The predicted molar refractivity (Wildman–Crippen MR) is 69.6 cm³/mol. The number of nitrogens with zero attached hydrogens (tertiary/aromatic N) is 2. The van der Waals surface area contributed by atoms with Crippen molar-refractivity contribution in [1.82, 2.24) is 20.4 Å². The summed E-state index contributed by atoms with van der Waals surface area (Å²) >= 11 is 0. The summed E-state index contributed by atoms with van der Waals surface area (Å²) < 4.78 is 5.30. The normalized spacial score (nSPS) is 27.5. The largest absolute Gasteiger partial charge is 0.379 e. The zero-order chi connectivity index (χ0) is 13.1. The van der Waals surface area contributed by atoms with Crippen molar-refractivity contribution in [1.29, 1.82) is 0 Å². The maximum atomic E-state index is 12.4. The lowest BCUT2D eigenvalue weighted by Crippen LogP contribution is -2.48. The monoisotopic (exact) mass is 264 g/mol. The van der Waals surface area contributed by atoms with Crippen LogP contribution in [0.15, 0.2) is 12.4 Å². The average Bonchev–Trinajstić information content (AvgIpc) is 3.11. The number of H-pyrrole nitrogens is 1. The molecule has 3 rings (SSSR count). The summed E-state index contributed by atoms with van der Waals surface area (Å²) in [7, 11) is 0. The van der Waals surface area contributed by atoms with Gasteiger partial charge in [-0.3, -0.25) is 5.10 Å². The van der Waals surface area contributed by atoms with Crippen molar-refractivity contribution in [3.8, 4) is 0 Å². The number of amides is 2. The third-order valence-corrected chi connectivity index (χ3v) is 3.93. The molecule has 0 aliphatic carbocycles. The minimum atomic E-state index is 0.0291. The highest BCUT2D eigenvalue weighted by molar-refractivity contribution is 5.75. The topological polar surface area (TPSA) is 70.2 Å². The molecule has 2 unspecified atom stereocenters. The molecule has 2 aliphatic rings. The Balaban J connectivity index is 1.67. The summed E-state index contributed by atoms with van der Waals surface area (Å²) in [6, 6.07) is 0.343. The fourth-order valence-electron chi connectivity index (χ4n) is 2.87. The molecule has 2 aliphatic heterocycles. The molecule has 19 heavy (non-hydrogen) atoms. The molecule has 1 aromatic heterocycles. The van der Waals surface area contributed by atoms with Crippen molar-refractivity contribution in [2.45, 2.75) is 37.8 Å². The number of aromatic nitrogens is 2. The smallest absolute Gasteiger partial charge is 0.318 e. The summed E-state index contributed by atoms with van der Waals surface area (Å²) in [6.07, 6.45) is 7.85. The Kier molecular flexibility index (Phi) is 3.68. The maximum Gasteiger partial charge on any atom is 0.318 e. The number of aromatic amines is 1. The number of hydrogen-bond acceptors (Lipinski definition) is 3. The van der Waals surface area contributed by atoms with Gasteiger partial charge in [-0.05, 0) is 25.7 Å². The summed E-state index contributed by atoms with van der Waals surface area (Å²) in [5, 5.41) is 9.89. The lowest BCUT2D eigenvalue weighted by molar-refractivity contribution is 0.145. The van der Waals surface area contributed by atoms with Gasteiger partial charge in [0.25, 0.3) is 0 Å². The van der Waals surface area contributed by atoms with E-state index in [4.69, 9.17) is 4.74 Å². The molecular formula is C13H20N4O2. The van der Waals surface area contributed by atoms with Crippen molar-refractivity contribution in [3.05, 3.63) is 18.0 Å². The summed E-state index contributed by atoms with van der Waals surface area (Å²) in [5.41, 5.74) is 1.09. The molecular weight excluding hydrogens is 244 g/mol. The molecule has 104 valence electrons. The van der Waals surface area contributed by atoms with Gasteiger partial charge in [0.05, 0.1) is 24.9 Å². The van der Waals surface area contributed by atoms with E-state index in [-0.39, 0.29) is 18.1 Å². The van der Waals surface area contributed by atoms with Gasteiger partial charge in [0.15, 0.2) is 0 Å². The van der Waals surface area contributed by atoms with Gasteiger partial charge in [-0.2, -0.15) is 5.10 Å². The van der Waals surface area contributed by atoms with E-state index in [1.54, 1.807) is 0 Å². The van der Waals surface area contributed by atoms with Crippen LogP contribution in [-0.2, 0) is 4.74 Å². The molecule has 0 radical (unpaired) electrons. The predicted octanol–water partition coefficient (Wildman–Crippen LogP) is 1.44. The number of hydrogen-bond donors (Lipinski definition) is 2. The standard InChI is InChI=1S/C13H20N4O2/c18-13(16-11-4-6-19-9-11)17-5-2-1-3-12(17)10-7-14-15-8-10/h7-8,11-12H,1-6,9H2,(H,14,15)(H,16,18). The van der Waals surface area contributed by atoms with Gasteiger partial charge in [0.2, 0.25) is 0 Å². The Morgan fingerprint density at radius 1 is 1.47 bits per heavy atom. The maximum absolute atomic E-state index is 12.4. The minimum absolute atomic E-state index is 0.0291. The van der Waals surface area contributed by atoms with E-state index < -0.39 is 0 Å². The molecule has 2 fully saturated rings. The molecule has 0 aromatic carbocycles. The molecule has 0 bridgehead atoms. The van der Waals surface area contributed by atoms with Crippen LogP contribution in [0, 0.1) is 0 Å². The number of ether oxygens (including phenoxy) is 1. The van der Waals surface area contributed by atoms with Crippen molar-refractivity contribution in [2.75, 3.05) is 19.8 Å². The Morgan fingerprint density at radius 2 is 2.42 bits per heavy atom. The van der Waals surface area contributed by atoms with Gasteiger partial charge in [-0.1, -0.05) is 0 Å². The molecule has 2 amide bonds. The quantitative estimate of drug-likeness (QED) is 0.849. The van der Waals surface area contributed by atoms with E-state index in [9.17, 15) is 4.79 Å². The third kappa shape index (κ3) is 2.73. The van der Waals surface area contributed by atoms with Crippen LogP contribution in [0.4, 0.5) is 4.79 Å². The first kappa shape index (κ1) is 12.5. The molecule has 1 aromatic rings. The number of carbonyl (C=O) groups is 1. The number of urea groups is 1. The van der Waals surface area contributed by atoms with E-state index >= 15 is 0 Å². The van der Waals surface area contributed by atoms with E-state index in [0.717, 1.165) is 44.4 Å². The summed E-state index contributed by atoms with van der Waals surface area (Å²) in [5.74, 6) is 0. The number of nitrogens with one attached hydrogen (secondary N) is 2. The first-order chi connectivity index (χ1) is 9.34. The number of likely N-dealkylation sites (tertiary alicyclic amines) is 1. The third-order valence-electron chi connectivity index (χ3n) is 3.93. The van der Waals surface area contributed by atoms with Crippen molar-refractivity contribution < 1.29 is 9.53 Å². The van der Waals surface area contributed by atoms with E-state index in [1.165, 1.54) is 0 Å². The first-order valence-electron chi connectivity index (χ1n) is 6.98. The molecule has 2 atom stereocenters.